The number of benzene rings is 1. The van der Waals surface area contributed by atoms with Crippen molar-refractivity contribution in [1.29, 1.82) is 0 Å². The molecule has 1 aliphatic heterocycles. The monoisotopic (exact) mass is 250 g/mol. The molecule has 18 heavy (non-hydrogen) atoms. The van der Waals surface area contributed by atoms with Crippen LogP contribution >= 0.6 is 0 Å². The third-order valence-corrected chi connectivity index (χ3v) is 2.84. The number of hydrogen-bond acceptors (Lipinski definition) is 3. The van der Waals surface area contributed by atoms with Gasteiger partial charge in [-0.15, -0.1) is 0 Å². The molecular formula is C13H15FN2O2. The van der Waals surface area contributed by atoms with E-state index in [-0.39, 0.29) is 11.9 Å². The normalized spacial score (nSPS) is 17.3. The highest BCUT2D eigenvalue weighted by Crippen LogP contribution is 2.29. The maximum atomic E-state index is 13.3. The SMILES string of the molecule is CC[C@@H]1C=C(NC(=O)OC)c2cc(F)ccc2N1. The van der Waals surface area contributed by atoms with Gasteiger partial charge in [0.05, 0.1) is 12.8 Å². The predicted octanol–water partition coefficient (Wildman–Crippen LogP) is 2.73. The minimum atomic E-state index is -0.562. The Hall–Kier alpha value is -2.04. The lowest BCUT2D eigenvalue weighted by Crippen LogP contribution is -2.28. The van der Waals surface area contributed by atoms with Crippen molar-refractivity contribution in [3.05, 3.63) is 35.7 Å². The van der Waals surface area contributed by atoms with Crippen LogP contribution in [0.2, 0.25) is 0 Å². The average molecular weight is 250 g/mol. The number of hydrogen-bond donors (Lipinski definition) is 2. The molecule has 0 fully saturated rings. The molecule has 96 valence electrons. The van der Waals surface area contributed by atoms with E-state index in [0.717, 1.165) is 12.1 Å². The molecule has 1 aromatic rings. The van der Waals surface area contributed by atoms with Crippen LogP contribution in [0.15, 0.2) is 24.3 Å². The Morgan fingerprint density at radius 3 is 3.00 bits per heavy atom. The van der Waals surface area contributed by atoms with Crippen molar-refractivity contribution in [3.8, 4) is 0 Å². The van der Waals surface area contributed by atoms with Crippen LogP contribution in [0.25, 0.3) is 5.70 Å². The zero-order valence-electron chi connectivity index (χ0n) is 10.3. The number of rotatable bonds is 2. The lowest BCUT2D eigenvalue weighted by Gasteiger charge is -2.25. The van der Waals surface area contributed by atoms with Crippen molar-refractivity contribution in [3.63, 3.8) is 0 Å². The van der Waals surface area contributed by atoms with Gasteiger partial charge in [-0.25, -0.2) is 9.18 Å². The van der Waals surface area contributed by atoms with Crippen molar-refractivity contribution < 1.29 is 13.9 Å². The predicted molar refractivity (Wildman–Crippen MR) is 67.6 cm³/mol. The molecule has 0 spiro atoms. The molecule has 2 rings (SSSR count). The van der Waals surface area contributed by atoms with Gasteiger partial charge in [-0.05, 0) is 30.7 Å². The molecular weight excluding hydrogens is 235 g/mol. The molecule has 0 unspecified atom stereocenters. The standard InChI is InChI=1S/C13H15FN2O2/c1-3-9-7-12(16-13(17)18-2)10-6-8(14)4-5-11(10)15-9/h4-7,9,15H,3H2,1-2H3,(H,16,17)/t9-/m1/s1. The molecule has 2 N–H and O–H groups in total. The number of amides is 1. The minimum absolute atomic E-state index is 0.107. The highest BCUT2D eigenvalue weighted by atomic mass is 19.1. The summed E-state index contributed by atoms with van der Waals surface area (Å²) in [6.45, 7) is 2.03. The summed E-state index contributed by atoms with van der Waals surface area (Å²) in [4.78, 5) is 11.3. The van der Waals surface area contributed by atoms with Crippen LogP contribution < -0.4 is 10.6 Å². The van der Waals surface area contributed by atoms with E-state index in [9.17, 15) is 9.18 Å². The van der Waals surface area contributed by atoms with E-state index in [1.165, 1.54) is 19.2 Å². The molecule has 1 heterocycles. The highest BCUT2D eigenvalue weighted by molar-refractivity contribution is 5.87. The van der Waals surface area contributed by atoms with Gasteiger partial charge < -0.3 is 10.1 Å². The van der Waals surface area contributed by atoms with Crippen molar-refractivity contribution in [2.75, 3.05) is 12.4 Å². The molecule has 0 radical (unpaired) electrons. The zero-order valence-corrected chi connectivity index (χ0v) is 10.3. The quantitative estimate of drug-likeness (QED) is 0.848. The summed E-state index contributed by atoms with van der Waals surface area (Å²) in [6, 6.07) is 4.55. The summed E-state index contributed by atoms with van der Waals surface area (Å²) in [5, 5.41) is 5.87. The van der Waals surface area contributed by atoms with Gasteiger partial charge >= 0.3 is 6.09 Å². The smallest absolute Gasteiger partial charge is 0.411 e. The van der Waals surface area contributed by atoms with E-state index < -0.39 is 6.09 Å². The van der Waals surface area contributed by atoms with Crippen LogP contribution in [0.3, 0.4) is 0 Å². The first-order valence-corrected chi connectivity index (χ1v) is 5.77. The third kappa shape index (κ3) is 2.45. The average Bonchev–Trinajstić information content (AvgIpc) is 2.38. The number of carbonyl (C=O) groups excluding carboxylic acids is 1. The van der Waals surface area contributed by atoms with E-state index >= 15 is 0 Å². The Kier molecular flexibility index (Phi) is 3.50. The fraction of sp³-hybridized carbons (Fsp3) is 0.308. The Bertz CT molecular complexity index is 500. The molecule has 0 aliphatic carbocycles. The molecule has 0 bridgehead atoms. The zero-order chi connectivity index (χ0) is 13.1. The first kappa shape index (κ1) is 12.4. The van der Waals surface area contributed by atoms with Gasteiger partial charge in [0, 0.05) is 17.3 Å². The number of halogens is 1. The van der Waals surface area contributed by atoms with Gasteiger partial charge in [-0.2, -0.15) is 0 Å². The van der Waals surface area contributed by atoms with E-state index in [1.807, 2.05) is 13.0 Å². The number of carbonyl (C=O) groups is 1. The second kappa shape index (κ2) is 5.08. The van der Waals surface area contributed by atoms with Crippen LogP contribution in [0.1, 0.15) is 18.9 Å². The molecule has 5 heteroatoms. The van der Waals surface area contributed by atoms with Crippen LogP contribution in [-0.4, -0.2) is 19.2 Å². The van der Waals surface area contributed by atoms with Gasteiger partial charge in [0.2, 0.25) is 0 Å². The molecule has 1 atom stereocenters. The minimum Gasteiger partial charge on any atom is -0.453 e. The highest BCUT2D eigenvalue weighted by Gasteiger charge is 2.19. The fourth-order valence-electron chi connectivity index (χ4n) is 1.89. The molecule has 4 nitrogen and oxygen atoms in total. The molecule has 1 amide bonds. The maximum Gasteiger partial charge on any atom is 0.411 e. The van der Waals surface area contributed by atoms with E-state index in [0.29, 0.717) is 11.3 Å². The molecule has 1 aliphatic rings. The summed E-state index contributed by atoms with van der Waals surface area (Å²) in [7, 11) is 1.29. The summed E-state index contributed by atoms with van der Waals surface area (Å²) < 4.78 is 17.8. The van der Waals surface area contributed by atoms with Crippen molar-refractivity contribution in [2.24, 2.45) is 0 Å². The largest absolute Gasteiger partial charge is 0.453 e. The second-order valence-corrected chi connectivity index (χ2v) is 4.05. The molecule has 1 aromatic carbocycles. The van der Waals surface area contributed by atoms with Gasteiger partial charge in [-0.1, -0.05) is 6.92 Å². The summed E-state index contributed by atoms with van der Waals surface area (Å²) in [5.41, 5.74) is 2.00. The van der Waals surface area contributed by atoms with Gasteiger partial charge in [-0.3, -0.25) is 5.32 Å². The number of alkyl carbamates (subject to hydrolysis) is 1. The van der Waals surface area contributed by atoms with Crippen molar-refractivity contribution in [2.45, 2.75) is 19.4 Å². The third-order valence-electron chi connectivity index (χ3n) is 2.84. The lowest BCUT2D eigenvalue weighted by atomic mass is 10.0. The van der Waals surface area contributed by atoms with Gasteiger partial charge in [0.15, 0.2) is 0 Å². The Labute approximate surface area is 105 Å². The molecule has 0 saturated heterocycles. The first-order valence-electron chi connectivity index (χ1n) is 5.77. The second-order valence-electron chi connectivity index (χ2n) is 4.05. The summed E-state index contributed by atoms with van der Waals surface area (Å²) >= 11 is 0. The number of ether oxygens (including phenoxy) is 1. The van der Waals surface area contributed by atoms with Crippen molar-refractivity contribution in [1.82, 2.24) is 5.32 Å². The van der Waals surface area contributed by atoms with Gasteiger partial charge in [0.25, 0.3) is 0 Å². The number of nitrogens with one attached hydrogen (secondary N) is 2. The lowest BCUT2D eigenvalue weighted by molar-refractivity contribution is 0.176. The van der Waals surface area contributed by atoms with Crippen LogP contribution in [0, 0.1) is 5.82 Å². The van der Waals surface area contributed by atoms with Crippen LogP contribution in [0.5, 0.6) is 0 Å². The molecule has 0 aromatic heterocycles. The van der Waals surface area contributed by atoms with Crippen LogP contribution in [-0.2, 0) is 4.74 Å². The Balaban J connectivity index is 2.37. The number of anilines is 1. The number of methoxy groups -OCH3 is 1. The van der Waals surface area contributed by atoms with Gasteiger partial charge in [0.1, 0.15) is 5.82 Å². The molecule has 0 saturated carbocycles. The van der Waals surface area contributed by atoms with E-state index in [4.69, 9.17) is 0 Å². The topological polar surface area (TPSA) is 50.4 Å². The summed E-state index contributed by atoms with van der Waals surface area (Å²) in [5.74, 6) is -0.344. The van der Waals surface area contributed by atoms with E-state index in [1.54, 1.807) is 6.07 Å². The first-order chi connectivity index (χ1) is 8.63. The Morgan fingerprint density at radius 2 is 2.33 bits per heavy atom. The van der Waals surface area contributed by atoms with Crippen molar-refractivity contribution >= 4 is 17.5 Å². The summed E-state index contributed by atoms with van der Waals surface area (Å²) in [6.07, 6.45) is 2.16. The number of fused-ring (bicyclic) bond motifs is 1. The van der Waals surface area contributed by atoms with E-state index in [2.05, 4.69) is 15.4 Å². The van der Waals surface area contributed by atoms with Crippen LogP contribution in [0.4, 0.5) is 14.9 Å². The fourth-order valence-corrected chi connectivity index (χ4v) is 1.89. The maximum absolute atomic E-state index is 13.3. The Morgan fingerprint density at radius 1 is 1.56 bits per heavy atom.